The number of carbonyl (C=O) groups excluding carboxylic acids is 2. The lowest BCUT2D eigenvalue weighted by atomic mass is 10.00. The van der Waals surface area contributed by atoms with Gasteiger partial charge in [0.05, 0.1) is 4.88 Å². The second-order valence-corrected chi connectivity index (χ2v) is 7.20. The molecule has 8 heteroatoms. The maximum absolute atomic E-state index is 12.3. The Kier molecular flexibility index (Phi) is 5.28. The van der Waals surface area contributed by atoms with Crippen LogP contribution in [0.3, 0.4) is 0 Å². The molecule has 2 aromatic rings. The third-order valence-corrected chi connectivity index (χ3v) is 5.44. The van der Waals surface area contributed by atoms with Crippen LogP contribution in [0.15, 0.2) is 23.0 Å². The van der Waals surface area contributed by atoms with Crippen molar-refractivity contribution in [2.24, 2.45) is 7.05 Å². The van der Waals surface area contributed by atoms with Crippen LogP contribution in [0.2, 0.25) is 0 Å². The van der Waals surface area contributed by atoms with E-state index in [1.807, 2.05) is 6.07 Å². The van der Waals surface area contributed by atoms with Crippen molar-refractivity contribution in [1.82, 2.24) is 20.6 Å². The van der Waals surface area contributed by atoms with E-state index in [1.54, 1.807) is 0 Å². The number of fused-ring (bicyclic) bond motifs is 1. The van der Waals surface area contributed by atoms with Gasteiger partial charge in [0.25, 0.3) is 17.4 Å². The minimum atomic E-state index is -0.570. The van der Waals surface area contributed by atoms with Crippen LogP contribution in [0, 0.1) is 0 Å². The van der Waals surface area contributed by atoms with Gasteiger partial charge in [-0.2, -0.15) is 5.10 Å². The number of nitrogens with zero attached hydrogens (tertiary/aromatic N) is 2. The predicted molar refractivity (Wildman–Crippen MR) is 94.6 cm³/mol. The molecule has 3 rings (SSSR count). The van der Waals surface area contributed by atoms with Crippen molar-refractivity contribution in [2.75, 3.05) is 0 Å². The Labute approximate surface area is 149 Å². The smallest absolute Gasteiger partial charge is 0.268 e. The van der Waals surface area contributed by atoms with Crippen LogP contribution in [0.5, 0.6) is 0 Å². The highest BCUT2D eigenvalue weighted by Gasteiger charge is 2.17. The van der Waals surface area contributed by atoms with Gasteiger partial charge in [0.15, 0.2) is 5.69 Å². The zero-order valence-electron chi connectivity index (χ0n) is 14.0. The largest absolute Gasteiger partial charge is 0.290 e. The van der Waals surface area contributed by atoms with E-state index in [2.05, 4.69) is 16.0 Å². The summed E-state index contributed by atoms with van der Waals surface area (Å²) in [6, 6.07) is 4.50. The summed E-state index contributed by atoms with van der Waals surface area (Å²) in [6.07, 6.45) is 6.81. The van der Waals surface area contributed by atoms with E-state index in [1.165, 1.54) is 53.8 Å². The lowest BCUT2D eigenvalue weighted by molar-refractivity contribution is 0.0845. The second-order valence-electron chi connectivity index (χ2n) is 6.06. The SMILES string of the molecule is Cn1nc(C(=O)NNC(=O)c2cc3c(s2)CCCCCC3)ccc1=O. The standard InChI is InChI=1S/C17H20N4O3S/c1-21-15(22)9-8-12(20-21)16(23)18-19-17(24)14-10-11-6-4-2-3-5-7-13(11)25-14/h8-10H,2-7H2,1H3,(H,18,23)(H,19,24). The molecule has 2 amide bonds. The highest BCUT2D eigenvalue weighted by atomic mass is 32.1. The molecule has 0 radical (unpaired) electrons. The molecule has 1 aliphatic carbocycles. The third-order valence-electron chi connectivity index (χ3n) is 4.20. The summed E-state index contributed by atoms with van der Waals surface area (Å²) in [5.41, 5.74) is 5.75. The average Bonchev–Trinajstić information content (AvgIpc) is 2.97. The Morgan fingerprint density at radius 3 is 2.56 bits per heavy atom. The Hall–Kier alpha value is -2.48. The maximum Gasteiger partial charge on any atom is 0.290 e. The molecule has 0 aliphatic heterocycles. The fourth-order valence-electron chi connectivity index (χ4n) is 2.82. The minimum absolute atomic E-state index is 0.0563. The van der Waals surface area contributed by atoms with Crippen LogP contribution in [0.4, 0.5) is 0 Å². The molecule has 2 N–H and O–H groups in total. The van der Waals surface area contributed by atoms with Gasteiger partial charge in [-0.3, -0.25) is 25.2 Å². The van der Waals surface area contributed by atoms with Crippen molar-refractivity contribution in [1.29, 1.82) is 0 Å². The van der Waals surface area contributed by atoms with Gasteiger partial charge in [0, 0.05) is 18.0 Å². The lowest BCUT2D eigenvalue weighted by Crippen LogP contribution is -2.42. The fourth-order valence-corrected chi connectivity index (χ4v) is 3.97. The first-order valence-electron chi connectivity index (χ1n) is 8.31. The zero-order chi connectivity index (χ0) is 17.8. The van der Waals surface area contributed by atoms with Gasteiger partial charge in [-0.05, 0) is 43.4 Å². The molecular formula is C17H20N4O3S. The van der Waals surface area contributed by atoms with Crippen molar-refractivity contribution in [3.63, 3.8) is 0 Å². The monoisotopic (exact) mass is 360 g/mol. The van der Waals surface area contributed by atoms with Gasteiger partial charge in [-0.25, -0.2) is 4.68 Å². The first kappa shape index (κ1) is 17.3. The van der Waals surface area contributed by atoms with E-state index in [0.717, 1.165) is 30.4 Å². The van der Waals surface area contributed by atoms with Crippen LogP contribution in [-0.2, 0) is 19.9 Å². The lowest BCUT2D eigenvalue weighted by Gasteiger charge is -2.07. The Morgan fingerprint density at radius 2 is 1.80 bits per heavy atom. The van der Waals surface area contributed by atoms with Gasteiger partial charge >= 0.3 is 0 Å². The number of thiophene rings is 1. The van der Waals surface area contributed by atoms with Crippen LogP contribution in [0.25, 0.3) is 0 Å². The van der Waals surface area contributed by atoms with E-state index in [4.69, 9.17) is 0 Å². The molecule has 0 aromatic carbocycles. The number of amides is 2. The molecule has 1 aliphatic rings. The molecular weight excluding hydrogens is 340 g/mol. The average molecular weight is 360 g/mol. The summed E-state index contributed by atoms with van der Waals surface area (Å²) in [6.45, 7) is 0. The fraction of sp³-hybridized carbons (Fsp3) is 0.412. The highest BCUT2D eigenvalue weighted by Crippen LogP contribution is 2.28. The van der Waals surface area contributed by atoms with Crippen molar-refractivity contribution in [3.05, 3.63) is 49.6 Å². The quantitative estimate of drug-likeness (QED) is 0.795. The molecule has 7 nitrogen and oxygen atoms in total. The van der Waals surface area contributed by atoms with Crippen molar-refractivity contribution in [2.45, 2.75) is 38.5 Å². The summed E-state index contributed by atoms with van der Waals surface area (Å²) < 4.78 is 1.07. The zero-order valence-corrected chi connectivity index (χ0v) is 14.8. The Bertz CT molecular complexity index is 830. The molecule has 0 atom stereocenters. The van der Waals surface area contributed by atoms with Crippen LogP contribution in [0.1, 0.15) is 56.3 Å². The molecule has 2 aromatic heterocycles. The van der Waals surface area contributed by atoms with Gasteiger partial charge in [-0.1, -0.05) is 12.8 Å². The number of nitrogens with one attached hydrogen (secondary N) is 2. The van der Waals surface area contributed by atoms with Gasteiger partial charge in [0.1, 0.15) is 0 Å². The van der Waals surface area contributed by atoms with E-state index < -0.39 is 5.91 Å². The number of hydrogen-bond acceptors (Lipinski definition) is 5. The summed E-state index contributed by atoms with van der Waals surface area (Å²) in [4.78, 5) is 37.5. The number of rotatable bonds is 2. The van der Waals surface area contributed by atoms with Crippen molar-refractivity contribution >= 4 is 23.2 Å². The van der Waals surface area contributed by atoms with E-state index in [-0.39, 0.29) is 17.2 Å². The van der Waals surface area contributed by atoms with Gasteiger partial charge in [-0.15, -0.1) is 11.3 Å². The van der Waals surface area contributed by atoms with Crippen molar-refractivity contribution < 1.29 is 9.59 Å². The molecule has 132 valence electrons. The number of hydrogen-bond donors (Lipinski definition) is 2. The normalized spacial score (nSPS) is 14.1. The first-order valence-corrected chi connectivity index (χ1v) is 9.13. The van der Waals surface area contributed by atoms with Crippen LogP contribution in [-0.4, -0.2) is 21.6 Å². The Morgan fingerprint density at radius 1 is 1.08 bits per heavy atom. The third kappa shape index (κ3) is 4.14. The molecule has 0 saturated heterocycles. The topological polar surface area (TPSA) is 93.1 Å². The van der Waals surface area contributed by atoms with Crippen molar-refractivity contribution in [3.8, 4) is 0 Å². The predicted octanol–water partition coefficient (Wildman–Crippen LogP) is 1.58. The Balaban J connectivity index is 1.64. The number of hydrazine groups is 1. The second kappa shape index (κ2) is 7.60. The minimum Gasteiger partial charge on any atom is -0.268 e. The summed E-state index contributed by atoms with van der Waals surface area (Å²) in [7, 11) is 1.46. The van der Waals surface area contributed by atoms with Crippen LogP contribution >= 0.6 is 11.3 Å². The number of carbonyl (C=O) groups is 2. The summed E-state index contributed by atoms with van der Waals surface area (Å²) in [5.74, 6) is -0.909. The molecule has 0 saturated carbocycles. The molecule has 0 bridgehead atoms. The summed E-state index contributed by atoms with van der Waals surface area (Å²) in [5, 5.41) is 3.84. The maximum atomic E-state index is 12.3. The molecule has 0 fully saturated rings. The molecule has 2 heterocycles. The first-order chi connectivity index (χ1) is 12.0. The highest BCUT2D eigenvalue weighted by molar-refractivity contribution is 7.14. The number of aryl methyl sites for hydroxylation is 3. The number of aromatic nitrogens is 2. The van der Waals surface area contributed by atoms with E-state index >= 15 is 0 Å². The summed E-state index contributed by atoms with van der Waals surface area (Å²) >= 11 is 1.49. The van der Waals surface area contributed by atoms with Crippen LogP contribution < -0.4 is 16.4 Å². The molecule has 25 heavy (non-hydrogen) atoms. The van der Waals surface area contributed by atoms with E-state index in [0.29, 0.717) is 4.88 Å². The molecule has 0 spiro atoms. The molecule has 0 unspecified atom stereocenters. The van der Waals surface area contributed by atoms with Gasteiger partial charge in [0.2, 0.25) is 0 Å². The van der Waals surface area contributed by atoms with Gasteiger partial charge < -0.3 is 0 Å². The van der Waals surface area contributed by atoms with E-state index in [9.17, 15) is 14.4 Å².